The lowest BCUT2D eigenvalue weighted by Gasteiger charge is -2.34. The number of morpholine rings is 1. The summed E-state index contributed by atoms with van der Waals surface area (Å²) in [5.74, 6) is 0. The van der Waals surface area contributed by atoms with E-state index in [4.69, 9.17) is 4.74 Å². The van der Waals surface area contributed by atoms with Crippen molar-refractivity contribution in [1.82, 2.24) is 4.31 Å². The average Bonchev–Trinajstić information content (AvgIpc) is 2.44. The van der Waals surface area contributed by atoms with Crippen molar-refractivity contribution in [2.24, 2.45) is 0 Å². The Kier molecular flexibility index (Phi) is 5.24. The zero-order valence-electron chi connectivity index (χ0n) is 12.9. The molecule has 1 aliphatic heterocycles. The summed E-state index contributed by atoms with van der Waals surface area (Å²) < 4.78 is 32.4. The van der Waals surface area contributed by atoms with Crippen LogP contribution in [-0.2, 0) is 14.8 Å². The van der Waals surface area contributed by atoms with Gasteiger partial charge in [-0.05, 0) is 44.5 Å². The maximum atomic E-state index is 12.7. The zero-order valence-corrected chi connectivity index (χ0v) is 13.7. The van der Waals surface area contributed by atoms with E-state index in [1.807, 2.05) is 26.0 Å². The van der Waals surface area contributed by atoms with Crippen LogP contribution in [-0.4, -0.2) is 44.6 Å². The summed E-state index contributed by atoms with van der Waals surface area (Å²) in [5, 5.41) is 3.24. The molecule has 0 saturated carbocycles. The molecule has 21 heavy (non-hydrogen) atoms. The van der Waals surface area contributed by atoms with Crippen molar-refractivity contribution in [1.29, 1.82) is 0 Å². The molecule has 0 aromatic heterocycles. The summed E-state index contributed by atoms with van der Waals surface area (Å²) in [6.07, 6.45) is 0.881. The minimum atomic E-state index is -3.44. The van der Waals surface area contributed by atoms with Gasteiger partial charge in [0.1, 0.15) is 0 Å². The van der Waals surface area contributed by atoms with Crippen LogP contribution in [0.5, 0.6) is 0 Å². The van der Waals surface area contributed by atoms with E-state index in [-0.39, 0.29) is 12.2 Å². The van der Waals surface area contributed by atoms with E-state index in [0.29, 0.717) is 18.0 Å². The molecule has 1 fully saturated rings. The molecule has 0 bridgehead atoms. The number of hydrogen-bond acceptors (Lipinski definition) is 4. The Morgan fingerprint density at radius 3 is 2.29 bits per heavy atom. The van der Waals surface area contributed by atoms with Gasteiger partial charge in [-0.2, -0.15) is 4.31 Å². The van der Waals surface area contributed by atoms with Gasteiger partial charge in [-0.25, -0.2) is 8.42 Å². The molecule has 6 heteroatoms. The summed E-state index contributed by atoms with van der Waals surface area (Å²) in [6.45, 7) is 7.58. The lowest BCUT2D eigenvalue weighted by Crippen LogP contribution is -2.48. The molecule has 0 aliphatic carbocycles. The number of nitrogens with zero attached hydrogens (tertiary/aromatic N) is 1. The van der Waals surface area contributed by atoms with Gasteiger partial charge in [0.05, 0.1) is 17.1 Å². The molecular formula is C15H24N2O3S. The van der Waals surface area contributed by atoms with Crippen molar-refractivity contribution in [3.8, 4) is 0 Å². The van der Waals surface area contributed by atoms with Crippen LogP contribution in [0, 0.1) is 0 Å². The van der Waals surface area contributed by atoms with Gasteiger partial charge in [0, 0.05) is 25.3 Å². The molecule has 1 aromatic rings. The normalized spacial score (nSPS) is 24.0. The standard InChI is InChI=1S/C15H24N2O3S/c1-4-9-16-14-5-7-15(8-6-14)21(18,19)17-10-12(2)20-13(3)11-17/h5-8,12-13,16H,4,9-11H2,1-3H3/t12-,13+. The summed E-state index contributed by atoms with van der Waals surface area (Å²) >= 11 is 0. The Morgan fingerprint density at radius 1 is 1.19 bits per heavy atom. The lowest BCUT2D eigenvalue weighted by molar-refractivity contribution is -0.0440. The number of ether oxygens (including phenoxy) is 1. The highest BCUT2D eigenvalue weighted by atomic mass is 32.2. The molecule has 1 heterocycles. The van der Waals surface area contributed by atoms with E-state index < -0.39 is 10.0 Å². The van der Waals surface area contributed by atoms with Crippen LogP contribution in [0.4, 0.5) is 5.69 Å². The molecule has 0 spiro atoms. The molecule has 5 nitrogen and oxygen atoms in total. The van der Waals surface area contributed by atoms with E-state index in [1.54, 1.807) is 12.1 Å². The molecule has 2 rings (SSSR count). The van der Waals surface area contributed by atoms with Crippen LogP contribution in [0.25, 0.3) is 0 Å². The second-order valence-electron chi connectivity index (χ2n) is 5.53. The predicted molar refractivity (Wildman–Crippen MR) is 84.0 cm³/mol. The average molecular weight is 312 g/mol. The van der Waals surface area contributed by atoms with E-state index >= 15 is 0 Å². The monoisotopic (exact) mass is 312 g/mol. The maximum absolute atomic E-state index is 12.7. The van der Waals surface area contributed by atoms with E-state index in [9.17, 15) is 8.42 Å². The van der Waals surface area contributed by atoms with Gasteiger partial charge in [-0.3, -0.25) is 0 Å². The van der Waals surface area contributed by atoms with Gasteiger partial charge >= 0.3 is 0 Å². The molecule has 1 N–H and O–H groups in total. The molecule has 1 saturated heterocycles. The van der Waals surface area contributed by atoms with Crippen LogP contribution in [0.15, 0.2) is 29.2 Å². The molecule has 1 aliphatic rings. The molecule has 0 unspecified atom stereocenters. The fourth-order valence-corrected chi connectivity index (χ4v) is 4.08. The SMILES string of the molecule is CCCNc1ccc(S(=O)(=O)N2C[C@@H](C)O[C@@H](C)C2)cc1. The number of sulfonamides is 1. The fourth-order valence-electron chi connectivity index (χ4n) is 2.49. The predicted octanol–water partition coefficient (Wildman–Crippen LogP) is 2.31. The van der Waals surface area contributed by atoms with Gasteiger partial charge in [-0.1, -0.05) is 6.92 Å². The first-order valence-corrected chi connectivity index (χ1v) is 8.87. The van der Waals surface area contributed by atoms with Crippen LogP contribution < -0.4 is 5.32 Å². The first-order chi connectivity index (χ1) is 9.93. The molecule has 0 amide bonds. The molecule has 1 aromatic carbocycles. The first-order valence-electron chi connectivity index (χ1n) is 7.43. The quantitative estimate of drug-likeness (QED) is 0.906. The molecule has 2 atom stereocenters. The van der Waals surface area contributed by atoms with Crippen molar-refractivity contribution in [2.75, 3.05) is 25.0 Å². The van der Waals surface area contributed by atoms with Gasteiger partial charge in [0.15, 0.2) is 0 Å². The highest BCUT2D eigenvalue weighted by Gasteiger charge is 2.32. The Labute approximate surface area is 127 Å². The van der Waals surface area contributed by atoms with Crippen LogP contribution in [0.2, 0.25) is 0 Å². The van der Waals surface area contributed by atoms with Gasteiger partial charge in [-0.15, -0.1) is 0 Å². The van der Waals surface area contributed by atoms with Crippen molar-refractivity contribution < 1.29 is 13.2 Å². The van der Waals surface area contributed by atoms with Crippen LogP contribution in [0.3, 0.4) is 0 Å². The summed E-state index contributed by atoms with van der Waals surface area (Å²) in [4.78, 5) is 0.339. The number of nitrogens with one attached hydrogen (secondary N) is 1. The number of benzene rings is 1. The summed E-state index contributed by atoms with van der Waals surface area (Å²) in [5.41, 5.74) is 0.944. The minimum absolute atomic E-state index is 0.0750. The Bertz CT molecular complexity index is 547. The van der Waals surface area contributed by atoms with Crippen molar-refractivity contribution in [3.05, 3.63) is 24.3 Å². The van der Waals surface area contributed by atoms with E-state index in [2.05, 4.69) is 12.2 Å². The summed E-state index contributed by atoms with van der Waals surface area (Å²) in [6, 6.07) is 6.96. The topological polar surface area (TPSA) is 58.6 Å². The summed E-state index contributed by atoms with van der Waals surface area (Å²) in [7, 11) is -3.44. The third-order valence-electron chi connectivity index (χ3n) is 3.46. The van der Waals surface area contributed by atoms with E-state index in [1.165, 1.54) is 4.31 Å². The highest BCUT2D eigenvalue weighted by Crippen LogP contribution is 2.22. The smallest absolute Gasteiger partial charge is 0.243 e. The highest BCUT2D eigenvalue weighted by molar-refractivity contribution is 7.89. The lowest BCUT2D eigenvalue weighted by atomic mass is 10.3. The van der Waals surface area contributed by atoms with Crippen molar-refractivity contribution in [2.45, 2.75) is 44.3 Å². The molecular weight excluding hydrogens is 288 g/mol. The van der Waals surface area contributed by atoms with Gasteiger partial charge in [0.2, 0.25) is 10.0 Å². The number of hydrogen-bond donors (Lipinski definition) is 1. The third-order valence-corrected chi connectivity index (χ3v) is 5.30. The van der Waals surface area contributed by atoms with E-state index in [0.717, 1.165) is 18.7 Å². The fraction of sp³-hybridized carbons (Fsp3) is 0.600. The second-order valence-corrected chi connectivity index (χ2v) is 7.47. The first kappa shape index (κ1) is 16.3. The van der Waals surface area contributed by atoms with Gasteiger partial charge < -0.3 is 10.1 Å². The largest absolute Gasteiger partial charge is 0.385 e. The number of anilines is 1. The zero-order chi connectivity index (χ0) is 15.5. The Hall–Kier alpha value is -1.11. The number of rotatable bonds is 5. The maximum Gasteiger partial charge on any atom is 0.243 e. The molecule has 118 valence electrons. The van der Waals surface area contributed by atoms with Crippen molar-refractivity contribution in [3.63, 3.8) is 0 Å². The van der Waals surface area contributed by atoms with Gasteiger partial charge in [0.25, 0.3) is 0 Å². The molecule has 0 radical (unpaired) electrons. The Balaban J connectivity index is 2.15. The Morgan fingerprint density at radius 2 is 1.76 bits per heavy atom. The third kappa shape index (κ3) is 3.96. The van der Waals surface area contributed by atoms with Crippen molar-refractivity contribution >= 4 is 15.7 Å². The second kappa shape index (κ2) is 6.77. The van der Waals surface area contributed by atoms with Crippen LogP contribution >= 0.6 is 0 Å². The minimum Gasteiger partial charge on any atom is -0.385 e. The van der Waals surface area contributed by atoms with Crippen LogP contribution in [0.1, 0.15) is 27.2 Å².